The number of hydrogen-bond acceptors (Lipinski definition) is 7. The lowest BCUT2D eigenvalue weighted by Crippen LogP contribution is -1.98. The molecule has 0 spiro atoms. The van der Waals surface area contributed by atoms with E-state index >= 15 is 0 Å². The van der Waals surface area contributed by atoms with Gasteiger partial charge in [0.05, 0.1) is 18.2 Å². The highest BCUT2D eigenvalue weighted by atomic mass is 32.2. The highest BCUT2D eigenvalue weighted by Gasteiger charge is 2.16. The van der Waals surface area contributed by atoms with Crippen LogP contribution >= 0.6 is 23.1 Å². The van der Waals surface area contributed by atoms with Gasteiger partial charge in [0.1, 0.15) is 21.9 Å². The SMILES string of the molecule is COC(=O)c1ccc(CSc2ncnc3scc(-c4ccc(C(C)C)cc4)c23)o1. The van der Waals surface area contributed by atoms with Gasteiger partial charge in [-0.1, -0.05) is 49.9 Å². The Balaban J connectivity index is 1.62. The summed E-state index contributed by atoms with van der Waals surface area (Å²) < 4.78 is 10.3. The number of nitrogens with zero attached hydrogens (tertiary/aromatic N) is 2. The largest absolute Gasteiger partial charge is 0.463 e. The minimum Gasteiger partial charge on any atom is -0.463 e. The number of esters is 1. The number of hydrogen-bond donors (Lipinski definition) is 0. The first-order valence-corrected chi connectivity index (χ1v) is 11.1. The molecule has 7 heteroatoms. The number of carbonyl (C=O) groups is 1. The quantitative estimate of drug-likeness (QED) is 0.210. The lowest BCUT2D eigenvalue weighted by molar-refractivity contribution is 0.0563. The summed E-state index contributed by atoms with van der Waals surface area (Å²) in [4.78, 5) is 21.5. The van der Waals surface area contributed by atoms with Crippen LogP contribution in [0.1, 0.15) is 41.6 Å². The number of benzene rings is 1. The summed E-state index contributed by atoms with van der Waals surface area (Å²) in [5.41, 5.74) is 3.61. The minimum absolute atomic E-state index is 0.206. The Kier molecular flexibility index (Phi) is 5.69. The number of carbonyl (C=O) groups excluding carboxylic acids is 1. The second-order valence-corrected chi connectivity index (χ2v) is 8.65. The third-order valence-corrected chi connectivity index (χ3v) is 6.52. The Morgan fingerprint density at radius 1 is 1.17 bits per heavy atom. The number of rotatable bonds is 6. The van der Waals surface area contributed by atoms with Crippen molar-refractivity contribution in [1.82, 2.24) is 9.97 Å². The van der Waals surface area contributed by atoms with Crippen LogP contribution < -0.4 is 0 Å². The summed E-state index contributed by atoms with van der Waals surface area (Å²) in [7, 11) is 1.34. The zero-order chi connectivity index (χ0) is 20.4. The van der Waals surface area contributed by atoms with E-state index in [1.165, 1.54) is 12.7 Å². The summed E-state index contributed by atoms with van der Waals surface area (Å²) in [5.74, 6) is 1.49. The van der Waals surface area contributed by atoms with Crippen LogP contribution in [0.5, 0.6) is 0 Å². The molecule has 1 aromatic carbocycles. The molecule has 0 aliphatic carbocycles. The standard InChI is InChI=1S/C22H20N2O3S2/c1-13(2)14-4-6-15(7-5-14)17-11-29-21-19(17)20(23-12-24-21)28-10-16-8-9-18(27-16)22(25)26-3/h4-9,11-13H,10H2,1-3H3. The molecule has 3 heterocycles. The van der Waals surface area contributed by atoms with Crippen LogP contribution in [0.15, 0.2) is 57.5 Å². The maximum atomic E-state index is 11.6. The zero-order valence-corrected chi connectivity index (χ0v) is 18.0. The average Bonchev–Trinajstić information content (AvgIpc) is 3.39. The van der Waals surface area contributed by atoms with Gasteiger partial charge in [-0.2, -0.15) is 0 Å². The molecule has 0 radical (unpaired) electrons. The van der Waals surface area contributed by atoms with E-state index in [4.69, 9.17) is 4.42 Å². The molecule has 0 saturated carbocycles. The lowest BCUT2D eigenvalue weighted by Gasteiger charge is -2.08. The zero-order valence-electron chi connectivity index (χ0n) is 16.3. The van der Waals surface area contributed by atoms with Gasteiger partial charge in [0.2, 0.25) is 5.76 Å². The predicted molar refractivity (Wildman–Crippen MR) is 117 cm³/mol. The van der Waals surface area contributed by atoms with Crippen molar-refractivity contribution in [1.29, 1.82) is 0 Å². The first-order chi connectivity index (χ1) is 14.1. The van der Waals surface area contributed by atoms with Gasteiger partial charge in [-0.15, -0.1) is 11.3 Å². The number of aromatic nitrogens is 2. The van der Waals surface area contributed by atoms with E-state index in [0.29, 0.717) is 17.4 Å². The minimum atomic E-state index is -0.476. The van der Waals surface area contributed by atoms with Gasteiger partial charge in [0.15, 0.2) is 0 Å². The number of thiophene rings is 1. The summed E-state index contributed by atoms with van der Waals surface area (Å²) in [5, 5.41) is 4.09. The van der Waals surface area contributed by atoms with Gasteiger partial charge in [-0.05, 0) is 29.2 Å². The van der Waals surface area contributed by atoms with Gasteiger partial charge in [0, 0.05) is 10.9 Å². The number of thioether (sulfide) groups is 1. The van der Waals surface area contributed by atoms with Crippen molar-refractivity contribution in [3.8, 4) is 11.1 Å². The van der Waals surface area contributed by atoms with Gasteiger partial charge in [-0.25, -0.2) is 14.8 Å². The maximum absolute atomic E-state index is 11.6. The second kappa shape index (κ2) is 8.39. The molecule has 0 atom stereocenters. The molecule has 148 valence electrons. The summed E-state index contributed by atoms with van der Waals surface area (Å²) in [6, 6.07) is 12.1. The van der Waals surface area contributed by atoms with Crippen molar-refractivity contribution in [2.24, 2.45) is 0 Å². The van der Waals surface area contributed by atoms with E-state index in [9.17, 15) is 4.79 Å². The number of fused-ring (bicyclic) bond motifs is 1. The summed E-state index contributed by atoms with van der Waals surface area (Å²) >= 11 is 3.18. The van der Waals surface area contributed by atoms with Crippen molar-refractivity contribution in [2.45, 2.75) is 30.5 Å². The fraction of sp³-hybridized carbons (Fsp3) is 0.227. The van der Waals surface area contributed by atoms with Crippen LogP contribution in [-0.2, 0) is 10.5 Å². The first-order valence-electron chi connectivity index (χ1n) is 9.19. The van der Waals surface area contributed by atoms with Crippen LogP contribution in [0.25, 0.3) is 21.3 Å². The molecule has 0 unspecified atom stereocenters. The van der Waals surface area contributed by atoms with E-state index in [-0.39, 0.29) is 5.76 Å². The molecule has 0 saturated heterocycles. The van der Waals surface area contributed by atoms with Gasteiger partial charge in [0.25, 0.3) is 0 Å². The van der Waals surface area contributed by atoms with Crippen molar-refractivity contribution < 1.29 is 13.9 Å². The Morgan fingerprint density at radius 3 is 2.69 bits per heavy atom. The first kappa shape index (κ1) is 19.7. The molecule has 0 N–H and O–H groups in total. The molecule has 0 aliphatic heterocycles. The molecule has 4 aromatic rings. The number of furan rings is 1. The summed E-state index contributed by atoms with van der Waals surface area (Å²) in [6.45, 7) is 4.38. The normalized spacial score (nSPS) is 11.3. The van der Waals surface area contributed by atoms with E-state index in [1.807, 2.05) is 0 Å². The van der Waals surface area contributed by atoms with Gasteiger partial charge < -0.3 is 9.15 Å². The van der Waals surface area contributed by atoms with E-state index in [1.54, 1.807) is 41.6 Å². The van der Waals surface area contributed by atoms with Gasteiger partial charge >= 0.3 is 5.97 Å². The Hall–Kier alpha value is -2.64. The molecule has 29 heavy (non-hydrogen) atoms. The molecule has 4 rings (SSSR count). The second-order valence-electron chi connectivity index (χ2n) is 6.83. The Labute approximate surface area is 177 Å². The molecule has 5 nitrogen and oxygen atoms in total. The molecule has 0 bridgehead atoms. The van der Waals surface area contributed by atoms with Crippen molar-refractivity contribution >= 4 is 39.3 Å². The highest BCUT2D eigenvalue weighted by Crippen LogP contribution is 2.39. The van der Waals surface area contributed by atoms with E-state index in [0.717, 1.165) is 26.4 Å². The number of methoxy groups -OCH3 is 1. The monoisotopic (exact) mass is 424 g/mol. The van der Waals surface area contributed by atoms with Crippen LogP contribution in [0, 0.1) is 0 Å². The smallest absolute Gasteiger partial charge is 0.373 e. The number of ether oxygens (including phenoxy) is 1. The predicted octanol–water partition coefficient (Wildman–Crippen LogP) is 6.15. The molecule has 0 fully saturated rings. The van der Waals surface area contributed by atoms with Crippen LogP contribution in [-0.4, -0.2) is 23.0 Å². The molecule has 0 amide bonds. The Bertz CT molecular complexity index is 1150. The topological polar surface area (TPSA) is 65.2 Å². The van der Waals surface area contributed by atoms with E-state index in [2.05, 4.69) is 58.2 Å². The average molecular weight is 425 g/mol. The fourth-order valence-corrected chi connectivity index (χ4v) is 4.91. The maximum Gasteiger partial charge on any atom is 0.373 e. The summed E-state index contributed by atoms with van der Waals surface area (Å²) in [6.07, 6.45) is 1.59. The van der Waals surface area contributed by atoms with Crippen molar-refractivity contribution in [2.75, 3.05) is 7.11 Å². The van der Waals surface area contributed by atoms with Gasteiger partial charge in [-0.3, -0.25) is 0 Å². The van der Waals surface area contributed by atoms with Crippen LogP contribution in [0.2, 0.25) is 0 Å². The fourth-order valence-electron chi connectivity index (χ4n) is 3.02. The third kappa shape index (κ3) is 4.06. The van der Waals surface area contributed by atoms with Crippen LogP contribution in [0.3, 0.4) is 0 Å². The van der Waals surface area contributed by atoms with Crippen LogP contribution in [0.4, 0.5) is 0 Å². The Morgan fingerprint density at radius 2 is 1.97 bits per heavy atom. The molecular formula is C22H20N2O3S2. The third-order valence-electron chi connectivity index (χ3n) is 4.62. The van der Waals surface area contributed by atoms with E-state index < -0.39 is 5.97 Å². The van der Waals surface area contributed by atoms with Crippen molar-refractivity contribution in [3.63, 3.8) is 0 Å². The molecule has 3 aromatic heterocycles. The molecule has 0 aliphatic rings. The van der Waals surface area contributed by atoms with Crippen molar-refractivity contribution in [3.05, 3.63) is 65.2 Å². The highest BCUT2D eigenvalue weighted by molar-refractivity contribution is 7.98. The molecular weight excluding hydrogens is 404 g/mol. The lowest BCUT2D eigenvalue weighted by atomic mass is 9.99.